The third kappa shape index (κ3) is 6.61. The van der Waals surface area contributed by atoms with Gasteiger partial charge in [-0.3, -0.25) is 0 Å². The number of amides is 1. The van der Waals surface area contributed by atoms with Crippen LogP contribution in [-0.4, -0.2) is 17.2 Å². The van der Waals surface area contributed by atoms with Crippen LogP contribution in [0.15, 0.2) is 48.5 Å². The topological polar surface area (TPSA) is 41.6 Å². The summed E-state index contributed by atoms with van der Waals surface area (Å²) < 4.78 is 78.0. The monoisotopic (exact) mass is 446 g/mol. The fourth-order valence-corrected chi connectivity index (χ4v) is 3.08. The number of benzene rings is 2. The van der Waals surface area contributed by atoms with E-state index < -0.39 is 29.6 Å². The van der Waals surface area contributed by atoms with Crippen LogP contribution in [0.2, 0.25) is 0 Å². The third-order valence-corrected chi connectivity index (χ3v) is 4.87. The molecule has 2 aromatic rings. The van der Waals surface area contributed by atoms with Crippen molar-refractivity contribution in [2.75, 3.05) is 0 Å². The van der Waals surface area contributed by atoms with Crippen LogP contribution < -0.4 is 5.32 Å². The number of carbonyl (C=O) groups is 1. The lowest BCUT2D eigenvalue weighted by Crippen LogP contribution is -2.42. The largest absolute Gasteiger partial charge is 0.426 e. The molecule has 0 radical (unpaired) electrons. The molecule has 31 heavy (non-hydrogen) atoms. The number of nitrogens with one attached hydrogen (secondary N) is 1. The second-order valence-electron chi connectivity index (χ2n) is 7.35. The molecule has 1 fully saturated rings. The van der Waals surface area contributed by atoms with Crippen molar-refractivity contribution in [1.82, 2.24) is 10.4 Å². The molecule has 0 unspecified atom stereocenters. The van der Waals surface area contributed by atoms with Gasteiger partial charge in [-0.05, 0) is 42.5 Å². The van der Waals surface area contributed by atoms with E-state index in [0.717, 1.165) is 48.6 Å². The number of hydroxylamine groups is 2. The van der Waals surface area contributed by atoms with Crippen molar-refractivity contribution in [1.29, 1.82) is 0 Å². The molecule has 1 amide bonds. The van der Waals surface area contributed by atoms with Crippen LogP contribution in [0.1, 0.15) is 41.5 Å². The number of nitrogens with zero attached hydrogens (tertiary/aromatic N) is 1. The summed E-state index contributed by atoms with van der Waals surface area (Å²) in [6.45, 7) is -0.476. The van der Waals surface area contributed by atoms with Crippen molar-refractivity contribution in [2.45, 2.75) is 50.7 Å². The number of halogens is 6. The summed E-state index contributed by atoms with van der Waals surface area (Å²) in [5, 5.41) is 3.67. The van der Waals surface area contributed by atoms with Crippen LogP contribution in [0, 0.1) is 0 Å². The van der Waals surface area contributed by atoms with E-state index in [-0.39, 0.29) is 30.3 Å². The van der Waals surface area contributed by atoms with Crippen LogP contribution in [0.25, 0.3) is 0 Å². The molecular formula is C21H20F6N2O2. The van der Waals surface area contributed by atoms with E-state index >= 15 is 0 Å². The fourth-order valence-electron chi connectivity index (χ4n) is 3.08. The minimum absolute atomic E-state index is 0.0449. The third-order valence-electron chi connectivity index (χ3n) is 4.87. The molecule has 168 valence electrons. The van der Waals surface area contributed by atoms with Gasteiger partial charge in [-0.2, -0.15) is 26.3 Å². The van der Waals surface area contributed by atoms with Crippen molar-refractivity contribution in [3.63, 3.8) is 0 Å². The van der Waals surface area contributed by atoms with Crippen molar-refractivity contribution >= 4 is 6.09 Å². The smallest absolute Gasteiger partial charge is 0.350 e. The lowest BCUT2D eigenvalue weighted by Gasteiger charge is -2.28. The van der Waals surface area contributed by atoms with Gasteiger partial charge in [0.05, 0.1) is 24.2 Å². The van der Waals surface area contributed by atoms with E-state index in [2.05, 4.69) is 5.32 Å². The molecule has 0 atom stereocenters. The van der Waals surface area contributed by atoms with Crippen molar-refractivity contribution < 1.29 is 36.0 Å². The van der Waals surface area contributed by atoms with Gasteiger partial charge in [-0.25, -0.2) is 4.79 Å². The maximum atomic E-state index is 13.0. The summed E-state index contributed by atoms with van der Waals surface area (Å²) in [5.74, 6) is 0. The van der Waals surface area contributed by atoms with Gasteiger partial charge < -0.3 is 10.2 Å². The van der Waals surface area contributed by atoms with E-state index in [1.165, 1.54) is 24.3 Å². The van der Waals surface area contributed by atoms with Gasteiger partial charge in [0.25, 0.3) is 0 Å². The van der Waals surface area contributed by atoms with Crippen LogP contribution in [0.5, 0.6) is 0 Å². The van der Waals surface area contributed by atoms with Gasteiger partial charge in [-0.1, -0.05) is 36.4 Å². The average Bonchev–Trinajstić information content (AvgIpc) is 2.64. The van der Waals surface area contributed by atoms with Crippen molar-refractivity contribution in [3.05, 3.63) is 70.8 Å². The van der Waals surface area contributed by atoms with E-state index in [9.17, 15) is 31.1 Å². The Bertz CT molecular complexity index is 850. The lowest BCUT2D eigenvalue weighted by atomic mass is 9.93. The van der Waals surface area contributed by atoms with Gasteiger partial charge in [0.2, 0.25) is 0 Å². The van der Waals surface area contributed by atoms with E-state index in [4.69, 9.17) is 4.84 Å². The Morgan fingerprint density at radius 2 is 1.39 bits per heavy atom. The maximum Gasteiger partial charge on any atom is 0.426 e. The van der Waals surface area contributed by atoms with Crippen LogP contribution >= 0.6 is 0 Å². The van der Waals surface area contributed by atoms with Gasteiger partial charge in [-0.15, -0.1) is 5.06 Å². The first-order valence-electron chi connectivity index (χ1n) is 9.56. The first-order valence-corrected chi connectivity index (χ1v) is 9.56. The number of hydrogen-bond donors (Lipinski definition) is 1. The fraction of sp³-hybridized carbons (Fsp3) is 0.381. The lowest BCUT2D eigenvalue weighted by molar-refractivity contribution is -0.138. The Balaban J connectivity index is 1.78. The average molecular weight is 446 g/mol. The molecule has 1 aliphatic rings. The first-order chi connectivity index (χ1) is 14.5. The molecule has 3 rings (SSSR count). The Kier molecular flexibility index (Phi) is 6.78. The highest BCUT2D eigenvalue weighted by atomic mass is 19.4. The minimum Gasteiger partial charge on any atom is -0.350 e. The van der Waals surface area contributed by atoms with E-state index in [1.54, 1.807) is 0 Å². The number of hydrogen-bond acceptors (Lipinski definition) is 3. The Morgan fingerprint density at radius 3 is 1.77 bits per heavy atom. The Labute approximate surface area is 174 Å². The summed E-state index contributed by atoms with van der Waals surface area (Å²) in [6, 6.07) is 8.86. The Hall–Kier alpha value is -2.75. The molecule has 0 heterocycles. The van der Waals surface area contributed by atoms with Gasteiger partial charge in [0, 0.05) is 6.04 Å². The second-order valence-corrected chi connectivity index (χ2v) is 7.35. The highest BCUT2D eigenvalue weighted by Gasteiger charge is 2.32. The molecule has 4 nitrogen and oxygen atoms in total. The quantitative estimate of drug-likeness (QED) is 0.443. The molecule has 1 aliphatic carbocycles. The first kappa shape index (κ1) is 22.9. The molecule has 0 saturated heterocycles. The van der Waals surface area contributed by atoms with Crippen LogP contribution in [0.3, 0.4) is 0 Å². The molecule has 2 aromatic carbocycles. The van der Waals surface area contributed by atoms with Gasteiger partial charge in [0.1, 0.15) is 0 Å². The molecule has 10 heteroatoms. The van der Waals surface area contributed by atoms with Crippen LogP contribution in [-0.2, 0) is 30.3 Å². The molecule has 0 aliphatic heterocycles. The molecule has 1 saturated carbocycles. The zero-order chi connectivity index (χ0) is 22.6. The summed E-state index contributed by atoms with van der Waals surface area (Å²) >= 11 is 0. The number of carbonyl (C=O) groups excluding carboxylic acids is 1. The summed E-state index contributed by atoms with van der Waals surface area (Å²) in [4.78, 5) is 17.4. The van der Waals surface area contributed by atoms with Crippen molar-refractivity contribution in [2.24, 2.45) is 0 Å². The van der Waals surface area contributed by atoms with Crippen LogP contribution in [0.4, 0.5) is 31.1 Å². The second kappa shape index (κ2) is 9.17. The van der Waals surface area contributed by atoms with E-state index in [1.807, 2.05) is 0 Å². The Morgan fingerprint density at radius 1 is 0.903 bits per heavy atom. The number of rotatable bonds is 6. The molecule has 1 N–H and O–H groups in total. The SMILES string of the molecule is O=C(NC1CCC1)ON(Cc1cccc(C(F)(F)F)c1)Cc1cccc(C(F)(F)F)c1. The number of alkyl halides is 6. The zero-order valence-electron chi connectivity index (χ0n) is 16.3. The van der Waals surface area contributed by atoms with E-state index in [0.29, 0.717) is 0 Å². The van der Waals surface area contributed by atoms with Gasteiger partial charge >= 0.3 is 18.4 Å². The summed E-state index contributed by atoms with van der Waals surface area (Å²) in [6.07, 6.45) is -7.37. The summed E-state index contributed by atoms with van der Waals surface area (Å²) in [5.41, 5.74) is -1.36. The predicted molar refractivity (Wildman–Crippen MR) is 99.4 cm³/mol. The summed E-state index contributed by atoms with van der Waals surface area (Å²) in [7, 11) is 0. The van der Waals surface area contributed by atoms with Gasteiger partial charge in [0.15, 0.2) is 0 Å². The predicted octanol–water partition coefficient (Wildman–Crippen LogP) is 5.92. The highest BCUT2D eigenvalue weighted by Crippen LogP contribution is 2.31. The molecule has 0 bridgehead atoms. The standard InChI is InChI=1S/C21H20F6N2O2/c22-20(23,24)16-6-1-4-14(10-16)12-29(31-19(30)28-18-8-3-9-18)13-15-5-2-7-17(11-15)21(25,26)27/h1-2,4-7,10-11,18H,3,8-9,12-13H2,(H,28,30). The maximum absolute atomic E-state index is 13.0. The van der Waals surface area contributed by atoms with Crippen molar-refractivity contribution in [3.8, 4) is 0 Å². The molecule has 0 spiro atoms. The normalized spacial score (nSPS) is 14.9. The molecule has 0 aromatic heterocycles. The minimum atomic E-state index is -4.55. The highest BCUT2D eigenvalue weighted by molar-refractivity contribution is 5.67. The molecular weight excluding hydrogens is 426 g/mol. The zero-order valence-corrected chi connectivity index (χ0v) is 16.3.